The third kappa shape index (κ3) is 19.9. The summed E-state index contributed by atoms with van der Waals surface area (Å²) in [5.41, 5.74) is 20.6. The molecule has 0 atom stereocenters. The molecule has 40 nitrogen and oxygen atoms in total. The van der Waals surface area contributed by atoms with Gasteiger partial charge in [-0.25, -0.2) is 43.3 Å². The van der Waals surface area contributed by atoms with Gasteiger partial charge < -0.3 is 55.3 Å². The normalized spacial score (nSPS) is 19.1. The molecule has 0 bridgehead atoms. The number of carboxylic acids is 1. The van der Waals surface area contributed by atoms with Gasteiger partial charge in [-0.05, 0) is 199 Å². The number of nitrogens with zero attached hydrogens (tertiary/aromatic N) is 19. The lowest BCUT2D eigenvalue weighted by atomic mass is 10.0. The highest BCUT2D eigenvalue weighted by molar-refractivity contribution is 9.11. The van der Waals surface area contributed by atoms with Crippen LogP contribution in [0.15, 0.2) is 130 Å². The van der Waals surface area contributed by atoms with Crippen molar-refractivity contribution in [2.45, 2.75) is 194 Å². The average Bonchev–Trinajstić information content (AvgIpc) is 1.57. The van der Waals surface area contributed by atoms with Crippen LogP contribution in [-0.4, -0.2) is 263 Å². The van der Waals surface area contributed by atoms with Crippen molar-refractivity contribution in [3.8, 4) is 29.2 Å². The summed E-state index contributed by atoms with van der Waals surface area (Å²) in [5.74, 6) is -1.07. The SMILES string of the molecule is Cn1nc(-c2nc(Cc3ccc(Br)cc3)no2)c2c1C(=O)N(CC1(S(=O)(=O)C3CC3)CC1)CC2.Cn1nc(-c2nc(Cc3ccc(C#N)cc3)no2)c2c1C(=O)N(CC1(S(=O)(=O)C3CC3)CC1)CC2.Cn1nc(C(=O)O)c2c1C(=O)N(CC1(S(=O)(=O)C3CC3)CC1)CC2.Cn1nc(C(=O)O/N=C(\N)Cc2ccc(Br)cc2)c2c1C(=O)N(CC1(S(=O)(=O)C3CC3)CC1)CC2.N/C(Cc1ccc(Br)cc1)=N\O. The maximum Gasteiger partial charge on any atom is 0.386 e. The number of benzene rings is 4. The van der Waals surface area contributed by atoms with E-state index in [9.17, 15) is 67.5 Å². The molecule has 0 saturated heterocycles. The summed E-state index contributed by atoms with van der Waals surface area (Å²) < 4.78 is 119. The van der Waals surface area contributed by atoms with Crippen LogP contribution in [0.4, 0.5) is 0 Å². The zero-order valence-corrected chi connectivity index (χ0v) is 85.0. The van der Waals surface area contributed by atoms with Crippen LogP contribution in [0.25, 0.3) is 23.2 Å². The van der Waals surface area contributed by atoms with Crippen LogP contribution >= 0.6 is 47.8 Å². The fraction of sp³-hybridized carbons (Fsp3) is 0.473. The van der Waals surface area contributed by atoms with Gasteiger partial charge in [0.2, 0.25) is 0 Å². The topological polar surface area (TPSA) is 551 Å². The molecule has 47 heteroatoms. The Balaban J connectivity index is 0.000000120. The molecule has 0 radical (unpaired) electrons. The highest BCUT2D eigenvalue weighted by Gasteiger charge is 2.65. The number of carboxylic acid groups (broad SMARTS) is 1. The molecule has 8 fully saturated rings. The van der Waals surface area contributed by atoms with Crippen molar-refractivity contribution in [1.82, 2.24) is 79.0 Å². The Hall–Kier alpha value is -11.7. The number of aromatic carboxylic acids is 1. The highest BCUT2D eigenvalue weighted by Crippen LogP contribution is 2.55. The lowest BCUT2D eigenvalue weighted by molar-refractivity contribution is 0.0504. The fourth-order valence-electron chi connectivity index (χ4n) is 18.9. The monoisotopic (exact) mass is 2180 g/mol. The number of nitriles is 1. The van der Waals surface area contributed by atoms with Crippen molar-refractivity contribution in [2.75, 3.05) is 52.4 Å². The number of hydrogen-bond donors (Lipinski definition) is 4. The van der Waals surface area contributed by atoms with Crippen molar-refractivity contribution in [3.63, 3.8) is 0 Å². The summed E-state index contributed by atoms with van der Waals surface area (Å²) in [5, 5.41) is 57.5. The van der Waals surface area contributed by atoms with Gasteiger partial charge in [0.05, 0.1) is 51.6 Å². The van der Waals surface area contributed by atoms with Gasteiger partial charge in [-0.2, -0.15) is 35.6 Å². The number of sulfone groups is 4. The Labute approximate surface area is 831 Å². The number of amides is 4. The molecule has 0 unspecified atom stereocenters. The molecule has 4 aromatic carbocycles. The smallest absolute Gasteiger partial charge is 0.386 e. The van der Waals surface area contributed by atoms with Crippen LogP contribution in [0.2, 0.25) is 0 Å². The van der Waals surface area contributed by atoms with Crippen molar-refractivity contribution in [1.29, 1.82) is 5.26 Å². The Morgan fingerprint density at radius 1 is 0.450 bits per heavy atom. The molecule has 22 rings (SSSR count). The van der Waals surface area contributed by atoms with E-state index in [-0.39, 0.29) is 111 Å². The number of amidine groups is 2. The molecule has 8 saturated carbocycles. The first-order valence-electron chi connectivity index (χ1n) is 46.1. The summed E-state index contributed by atoms with van der Waals surface area (Å²) in [6.45, 7) is 2.44. The third-order valence-electron chi connectivity index (χ3n) is 27.9. The number of nitrogens with two attached hydrogens (primary N) is 2. The van der Waals surface area contributed by atoms with Gasteiger partial charge >= 0.3 is 11.9 Å². The standard InChI is InChI=1S/C24H24N6O4S.C23H26BrN5O5S.C23H24BrN5O4S.C15H19N3O5S.C8H9BrN2O/c1-29-21-18(8-11-30(23(21)31)14-24(9-10-24)35(32,33)17-6-7-17)20(27-29)22-26-19(28-34-22)12-15-2-4-16(13-25)5-3-15;1-28-20-17(8-11-29(21(20)30)13-23(9-10-23)35(32,33)16-6-7-16)19(26-28)22(31)34-27-18(25)12-14-2-4-15(24)5-3-14;1-28-20-17(8-11-29(22(20)30)13-23(9-10-23)34(31,32)16-6-7-16)19(26-28)21-25-18(27-33-21)12-14-2-4-15(24)5-3-14;1-17-12-10(11(16-17)14(20)21)4-7-18(13(12)19)8-15(5-6-15)24(22,23)9-2-3-9;9-7-3-1-6(2-4-7)5-8(10)11-12/h2-5,17H,6-12,14H2,1H3;2-5,16H,6-13H2,1H3,(H2,25,27);2-5,16H,6-13H2,1H3;9H,2-8H2,1H3,(H,20,21);1-4,12H,5H2,(H2,10,11). The van der Waals surface area contributed by atoms with E-state index in [1.54, 1.807) is 64.6 Å². The van der Waals surface area contributed by atoms with E-state index >= 15 is 0 Å². The second-order valence-corrected chi connectivity index (χ2v) is 51.3. The zero-order chi connectivity index (χ0) is 99.2. The zero-order valence-electron chi connectivity index (χ0n) is 76.9. The number of carbonyl (C=O) groups excluding carboxylic acids is 5. The van der Waals surface area contributed by atoms with Gasteiger partial charge in [0.1, 0.15) is 34.4 Å². The van der Waals surface area contributed by atoms with Crippen molar-refractivity contribution >= 4 is 134 Å². The van der Waals surface area contributed by atoms with E-state index in [1.165, 1.54) is 14.0 Å². The third-order valence-corrected chi connectivity index (χ3v) is 41.9. The Morgan fingerprint density at radius 3 is 1.06 bits per heavy atom. The summed E-state index contributed by atoms with van der Waals surface area (Å²) in [6.07, 6.45) is 14.4. The van der Waals surface area contributed by atoms with E-state index in [2.05, 4.69) is 105 Å². The summed E-state index contributed by atoms with van der Waals surface area (Å²) >= 11 is 10.1. The Morgan fingerprint density at radius 2 is 0.743 bits per heavy atom. The first-order valence-corrected chi connectivity index (χ1v) is 54.7. The molecule has 738 valence electrons. The van der Waals surface area contributed by atoms with Crippen molar-refractivity contribution in [2.24, 2.45) is 50.0 Å². The van der Waals surface area contributed by atoms with Crippen LogP contribution < -0.4 is 11.5 Å². The minimum atomic E-state index is -3.23. The predicted molar refractivity (Wildman–Crippen MR) is 517 cm³/mol. The lowest BCUT2D eigenvalue weighted by Gasteiger charge is -2.31. The molecule has 4 amide bonds. The minimum Gasteiger partial charge on any atom is -0.476 e. The predicted octanol–water partition coefficient (Wildman–Crippen LogP) is 8.90. The van der Waals surface area contributed by atoms with E-state index in [4.69, 9.17) is 35.8 Å². The van der Waals surface area contributed by atoms with Crippen LogP contribution in [0.5, 0.6) is 0 Å². The highest BCUT2D eigenvalue weighted by atomic mass is 79.9. The van der Waals surface area contributed by atoms with E-state index < -0.39 is 70.3 Å². The summed E-state index contributed by atoms with van der Waals surface area (Å²) in [6, 6.07) is 32.4. The minimum absolute atomic E-state index is 0.0161. The number of oxime groups is 2. The molecule has 6 aromatic heterocycles. The Bertz CT molecular complexity index is 7200. The quantitative estimate of drug-likeness (QED) is 0.0112. The molecule has 140 heavy (non-hydrogen) atoms. The lowest BCUT2D eigenvalue weighted by Crippen LogP contribution is -2.46. The largest absolute Gasteiger partial charge is 0.476 e. The molecule has 10 aromatic rings. The van der Waals surface area contributed by atoms with E-state index in [1.807, 2.05) is 84.9 Å². The van der Waals surface area contributed by atoms with Gasteiger partial charge in [-0.3, -0.25) is 37.9 Å². The van der Waals surface area contributed by atoms with E-state index in [0.717, 1.165) is 85.3 Å². The molecular weight excluding hydrogens is 2080 g/mol. The maximum atomic E-state index is 13.4. The molecule has 8 aliphatic carbocycles. The number of halogens is 3. The molecule has 4 aliphatic heterocycles. The number of hydrogen-bond acceptors (Lipinski definition) is 29. The molecule has 10 heterocycles. The van der Waals surface area contributed by atoms with Gasteiger partial charge in [-0.1, -0.05) is 117 Å². The molecule has 12 aliphatic rings. The van der Waals surface area contributed by atoms with E-state index in [0.29, 0.717) is 199 Å². The number of aryl methyl sites for hydroxylation is 4. The second-order valence-electron chi connectivity index (χ2n) is 38.1. The number of carbonyl (C=O) groups is 6. The molecular formula is C93H102Br3N21O19S4. The summed E-state index contributed by atoms with van der Waals surface area (Å²) in [4.78, 5) is 97.3. The van der Waals surface area contributed by atoms with Crippen molar-refractivity contribution < 1.29 is 86.6 Å². The number of rotatable bonds is 29. The van der Waals surface area contributed by atoms with Crippen molar-refractivity contribution in [3.05, 3.63) is 206 Å². The maximum absolute atomic E-state index is 13.4. The van der Waals surface area contributed by atoms with Crippen LogP contribution in [0.1, 0.15) is 227 Å². The Kier molecular flexibility index (Phi) is 26.9. The van der Waals surface area contributed by atoms with Crippen LogP contribution in [-0.2, 0) is 124 Å². The molecule has 6 N–H and O–H groups in total. The number of aromatic nitrogens is 12. The first-order chi connectivity index (χ1) is 66.7. The number of fused-ring (bicyclic) bond motifs is 4. The van der Waals surface area contributed by atoms with Gasteiger partial charge in [0, 0.05) is 142 Å². The molecule has 0 spiro atoms. The second kappa shape index (κ2) is 38.3. The van der Waals surface area contributed by atoms with Crippen LogP contribution in [0, 0.1) is 11.3 Å². The van der Waals surface area contributed by atoms with Crippen LogP contribution in [0.3, 0.4) is 0 Å². The first kappa shape index (κ1) is 98.5. The fourth-order valence-corrected chi connectivity index (χ4v) is 29.6. The summed E-state index contributed by atoms with van der Waals surface area (Å²) in [7, 11) is -6.25. The average molecular weight is 2190 g/mol. The van der Waals surface area contributed by atoms with Gasteiger partial charge in [-0.15, -0.1) is 0 Å². The van der Waals surface area contributed by atoms with Gasteiger partial charge in [0.15, 0.2) is 73.8 Å². The van der Waals surface area contributed by atoms with Gasteiger partial charge in [0.25, 0.3) is 35.4 Å².